The average molecular weight is 406 g/mol. The van der Waals surface area contributed by atoms with Crippen LogP contribution in [0.15, 0.2) is 42.6 Å². The van der Waals surface area contributed by atoms with Crippen LogP contribution in [0.25, 0.3) is 11.0 Å². The zero-order chi connectivity index (χ0) is 21.0. The maximum absolute atomic E-state index is 13.7. The van der Waals surface area contributed by atoms with Gasteiger partial charge in [0.15, 0.2) is 0 Å². The highest BCUT2D eigenvalue weighted by Gasteiger charge is 2.37. The van der Waals surface area contributed by atoms with Gasteiger partial charge in [0.05, 0.1) is 7.11 Å². The average Bonchev–Trinajstić information content (AvgIpc) is 3.05. The van der Waals surface area contributed by atoms with Gasteiger partial charge in [-0.2, -0.15) is 13.2 Å². The van der Waals surface area contributed by atoms with E-state index in [4.69, 9.17) is 4.74 Å². The molecule has 0 bridgehead atoms. The van der Waals surface area contributed by atoms with Gasteiger partial charge in [-0.05, 0) is 32.3 Å². The van der Waals surface area contributed by atoms with Gasteiger partial charge >= 0.3 is 6.18 Å². The van der Waals surface area contributed by atoms with Crippen LogP contribution in [0.4, 0.5) is 13.2 Å². The smallest absolute Gasteiger partial charge is 0.431 e. The lowest BCUT2D eigenvalue weighted by atomic mass is 10.1. The lowest BCUT2D eigenvalue weighted by Crippen LogP contribution is -2.31. The number of benzene rings is 1. The Kier molecular flexibility index (Phi) is 6.44. The Balaban J connectivity index is 1.97. The van der Waals surface area contributed by atoms with E-state index in [2.05, 4.69) is 9.97 Å². The van der Waals surface area contributed by atoms with Gasteiger partial charge in [-0.25, -0.2) is 4.98 Å². The number of likely N-dealkylation sites (N-methyl/N-ethyl adjacent to an activating group) is 1. The molecule has 2 aromatic heterocycles. The second kappa shape index (κ2) is 8.84. The first-order chi connectivity index (χ1) is 13.8. The first-order valence-electron chi connectivity index (χ1n) is 9.31. The lowest BCUT2D eigenvalue weighted by Gasteiger charge is -2.25. The summed E-state index contributed by atoms with van der Waals surface area (Å²) in [6.45, 7) is 1.95. The molecule has 1 aromatic carbocycles. The molecule has 0 atom stereocenters. The number of hydrogen-bond acceptors (Lipinski definition) is 4. The molecule has 0 spiro atoms. The molecule has 0 aliphatic heterocycles. The largest absolute Gasteiger partial charge is 0.496 e. The summed E-state index contributed by atoms with van der Waals surface area (Å²) in [6, 6.07) is 10.9. The Morgan fingerprint density at radius 2 is 1.79 bits per heavy atom. The molecule has 3 rings (SSSR count). The van der Waals surface area contributed by atoms with Crippen LogP contribution in [0.2, 0.25) is 0 Å². The molecule has 1 N–H and O–H groups in total. The fraction of sp³-hybridized carbons (Fsp3) is 0.381. The Hall–Kier alpha value is -2.58. The minimum absolute atomic E-state index is 0.145. The minimum atomic E-state index is -4.48. The molecule has 29 heavy (non-hydrogen) atoms. The zero-order valence-corrected chi connectivity index (χ0v) is 16.8. The van der Waals surface area contributed by atoms with E-state index in [1.165, 1.54) is 6.20 Å². The van der Waals surface area contributed by atoms with Crippen molar-refractivity contribution >= 4 is 11.0 Å². The molecule has 0 amide bonds. The number of nitrogens with zero attached hydrogens (tertiary/aromatic N) is 3. The highest BCUT2D eigenvalue weighted by atomic mass is 19.4. The predicted octanol–water partition coefficient (Wildman–Crippen LogP) is 4.15. The van der Waals surface area contributed by atoms with E-state index in [-0.39, 0.29) is 17.8 Å². The van der Waals surface area contributed by atoms with E-state index in [0.29, 0.717) is 18.5 Å². The SMILES string of the molecule is COc1ccccc1CN(CCN(C)C)Cc1c(C(F)(F)F)[nH]c2ncccc12. The molecular formula is C21H25F3N4O. The van der Waals surface area contributed by atoms with Crippen LogP contribution in [0, 0.1) is 0 Å². The highest BCUT2D eigenvalue weighted by molar-refractivity contribution is 5.81. The third kappa shape index (κ3) is 5.07. The van der Waals surface area contributed by atoms with Crippen molar-refractivity contribution in [3.05, 3.63) is 59.4 Å². The normalized spacial score (nSPS) is 12.3. The molecule has 0 saturated carbocycles. The molecule has 156 valence electrons. The number of nitrogens with one attached hydrogen (secondary N) is 1. The quantitative estimate of drug-likeness (QED) is 0.610. The van der Waals surface area contributed by atoms with Crippen molar-refractivity contribution < 1.29 is 17.9 Å². The summed E-state index contributed by atoms with van der Waals surface area (Å²) in [6.07, 6.45) is -2.99. The van der Waals surface area contributed by atoms with E-state index in [1.54, 1.807) is 19.2 Å². The third-order valence-corrected chi connectivity index (χ3v) is 4.79. The van der Waals surface area contributed by atoms with E-state index in [0.717, 1.165) is 17.9 Å². The first-order valence-corrected chi connectivity index (χ1v) is 9.31. The molecule has 0 aliphatic rings. The molecular weight excluding hydrogens is 381 g/mol. The van der Waals surface area contributed by atoms with Crippen LogP contribution < -0.4 is 4.74 Å². The van der Waals surface area contributed by atoms with Crippen molar-refractivity contribution in [1.82, 2.24) is 19.8 Å². The highest BCUT2D eigenvalue weighted by Crippen LogP contribution is 2.36. The Morgan fingerprint density at radius 3 is 2.48 bits per heavy atom. The van der Waals surface area contributed by atoms with Crippen LogP contribution >= 0.6 is 0 Å². The molecule has 0 saturated heterocycles. The summed E-state index contributed by atoms with van der Waals surface area (Å²) in [5.41, 5.74) is 0.662. The van der Waals surface area contributed by atoms with Crippen LogP contribution in [0.1, 0.15) is 16.8 Å². The van der Waals surface area contributed by atoms with Crippen molar-refractivity contribution in [2.45, 2.75) is 19.3 Å². The summed E-state index contributed by atoms with van der Waals surface area (Å²) in [4.78, 5) is 10.5. The van der Waals surface area contributed by atoms with Gasteiger partial charge in [0.2, 0.25) is 0 Å². The zero-order valence-electron chi connectivity index (χ0n) is 16.8. The van der Waals surface area contributed by atoms with Crippen LogP contribution in [-0.2, 0) is 19.3 Å². The molecule has 2 heterocycles. The Morgan fingerprint density at radius 1 is 1.03 bits per heavy atom. The van der Waals surface area contributed by atoms with Gasteiger partial charge in [-0.15, -0.1) is 0 Å². The number of H-pyrrole nitrogens is 1. The van der Waals surface area contributed by atoms with Crippen molar-refractivity contribution in [3.63, 3.8) is 0 Å². The number of pyridine rings is 1. The number of alkyl halides is 3. The summed E-state index contributed by atoms with van der Waals surface area (Å²) in [7, 11) is 5.48. The Labute approximate surface area is 168 Å². The molecule has 3 aromatic rings. The summed E-state index contributed by atoms with van der Waals surface area (Å²) >= 11 is 0. The number of aromatic amines is 1. The molecule has 0 aliphatic carbocycles. The molecule has 8 heteroatoms. The second-order valence-corrected chi connectivity index (χ2v) is 7.20. The number of halogens is 3. The third-order valence-electron chi connectivity index (χ3n) is 4.79. The van der Waals surface area contributed by atoms with Crippen molar-refractivity contribution in [3.8, 4) is 5.75 Å². The molecule has 0 unspecified atom stereocenters. The second-order valence-electron chi connectivity index (χ2n) is 7.20. The number of para-hydroxylation sites is 1. The van der Waals surface area contributed by atoms with Crippen molar-refractivity contribution in [1.29, 1.82) is 0 Å². The van der Waals surface area contributed by atoms with Gasteiger partial charge in [0.1, 0.15) is 17.1 Å². The fourth-order valence-electron chi connectivity index (χ4n) is 3.34. The van der Waals surface area contributed by atoms with Gasteiger partial charge < -0.3 is 14.6 Å². The number of rotatable bonds is 8. The Bertz CT molecular complexity index is 952. The van der Waals surface area contributed by atoms with Crippen molar-refractivity contribution in [2.75, 3.05) is 34.3 Å². The van der Waals surface area contributed by atoms with Crippen LogP contribution in [0.3, 0.4) is 0 Å². The van der Waals surface area contributed by atoms with E-state index in [1.807, 2.05) is 48.2 Å². The van der Waals surface area contributed by atoms with E-state index in [9.17, 15) is 13.2 Å². The minimum Gasteiger partial charge on any atom is -0.496 e. The summed E-state index contributed by atoms with van der Waals surface area (Å²) in [5.74, 6) is 0.721. The predicted molar refractivity (Wildman–Crippen MR) is 107 cm³/mol. The standard InChI is InChI=1S/C21H25F3N4O/c1-27(2)11-12-28(13-15-7-4-5-9-18(15)29-3)14-17-16-8-6-10-25-20(16)26-19(17)21(22,23)24/h4-10H,11-14H2,1-3H3,(H,25,26). The van der Waals surface area contributed by atoms with Crippen LogP contribution in [0.5, 0.6) is 5.75 Å². The summed E-state index contributed by atoms with van der Waals surface area (Å²) < 4.78 is 46.5. The van der Waals surface area contributed by atoms with Gasteiger partial charge in [0.25, 0.3) is 0 Å². The van der Waals surface area contributed by atoms with E-state index < -0.39 is 11.9 Å². The van der Waals surface area contributed by atoms with Crippen LogP contribution in [-0.4, -0.2) is 54.1 Å². The van der Waals surface area contributed by atoms with E-state index >= 15 is 0 Å². The molecule has 0 radical (unpaired) electrons. The van der Waals surface area contributed by atoms with Gasteiger partial charge in [0, 0.05) is 48.9 Å². The van der Waals surface area contributed by atoms with Gasteiger partial charge in [-0.1, -0.05) is 18.2 Å². The van der Waals surface area contributed by atoms with Crippen molar-refractivity contribution in [2.24, 2.45) is 0 Å². The molecule has 0 fully saturated rings. The van der Waals surface area contributed by atoms with Gasteiger partial charge in [-0.3, -0.25) is 4.90 Å². The maximum Gasteiger partial charge on any atom is 0.431 e. The number of aromatic nitrogens is 2. The molecule has 5 nitrogen and oxygen atoms in total. The lowest BCUT2D eigenvalue weighted by molar-refractivity contribution is -0.141. The number of fused-ring (bicyclic) bond motifs is 1. The fourth-order valence-corrected chi connectivity index (χ4v) is 3.34. The summed E-state index contributed by atoms with van der Waals surface area (Å²) in [5, 5.41) is 0.495. The first kappa shape index (κ1) is 21.1. The number of methoxy groups -OCH3 is 1. The monoisotopic (exact) mass is 406 g/mol. The number of ether oxygens (including phenoxy) is 1. The number of hydrogen-bond donors (Lipinski definition) is 1. The maximum atomic E-state index is 13.7. The topological polar surface area (TPSA) is 44.4 Å².